The second-order valence-electron chi connectivity index (χ2n) is 20.8. The molecule has 7 heteroatoms. The second kappa shape index (κ2) is 47.4. The molecule has 0 aliphatic carbocycles. The third kappa shape index (κ3) is 40.0. The first-order valence-corrected chi connectivity index (χ1v) is 28.9. The van der Waals surface area contributed by atoms with Crippen LogP contribution in [0.25, 0.3) is 0 Å². The molecule has 7 nitrogen and oxygen atoms in total. The average Bonchev–Trinajstić information content (AvgIpc) is 3.30. The van der Waals surface area contributed by atoms with E-state index in [2.05, 4.69) is 65.4 Å². The highest BCUT2D eigenvalue weighted by molar-refractivity contribution is 5.76. The number of carbonyl (C=O) groups excluding carboxylic acids is 3. The lowest BCUT2D eigenvalue weighted by atomic mass is 9.94. The summed E-state index contributed by atoms with van der Waals surface area (Å²) in [5.74, 6) is 1.98. The lowest BCUT2D eigenvalue weighted by Gasteiger charge is -2.35. The monoisotopic (exact) mass is 919 g/mol. The molecule has 0 bridgehead atoms. The van der Waals surface area contributed by atoms with Crippen molar-refractivity contribution in [1.29, 1.82) is 0 Å². The van der Waals surface area contributed by atoms with Crippen molar-refractivity contribution in [3.05, 3.63) is 0 Å². The van der Waals surface area contributed by atoms with Crippen LogP contribution in [0.5, 0.6) is 0 Å². The highest BCUT2D eigenvalue weighted by Crippen LogP contribution is 2.25. The summed E-state index contributed by atoms with van der Waals surface area (Å²) in [6.45, 7) is 16.8. The number of amides is 1. The Balaban J connectivity index is 5.11. The summed E-state index contributed by atoms with van der Waals surface area (Å²) in [7, 11) is 4.24. The van der Waals surface area contributed by atoms with Crippen molar-refractivity contribution < 1.29 is 23.9 Å². The van der Waals surface area contributed by atoms with Crippen LogP contribution in [0.4, 0.5) is 0 Å². The number of unbranched alkanes of at least 4 members (excludes halogenated alkanes) is 20. The van der Waals surface area contributed by atoms with Crippen molar-refractivity contribution in [1.82, 2.24) is 9.80 Å². The first-order chi connectivity index (χ1) is 31.6. The Morgan fingerprint density at radius 1 is 0.385 bits per heavy atom. The van der Waals surface area contributed by atoms with Gasteiger partial charge in [-0.1, -0.05) is 202 Å². The minimum absolute atomic E-state index is 0.00624. The lowest BCUT2D eigenvalue weighted by Crippen LogP contribution is -2.43. The molecule has 3 unspecified atom stereocenters. The van der Waals surface area contributed by atoms with Crippen LogP contribution >= 0.6 is 0 Å². The summed E-state index contributed by atoms with van der Waals surface area (Å²) in [6.07, 6.45) is 44.0. The van der Waals surface area contributed by atoms with Crippen LogP contribution in [0.3, 0.4) is 0 Å². The predicted octanol–water partition coefficient (Wildman–Crippen LogP) is 17.0. The van der Waals surface area contributed by atoms with E-state index >= 15 is 0 Å². The molecule has 65 heavy (non-hydrogen) atoms. The van der Waals surface area contributed by atoms with Gasteiger partial charge >= 0.3 is 11.9 Å². The summed E-state index contributed by atoms with van der Waals surface area (Å²) >= 11 is 0. The van der Waals surface area contributed by atoms with Crippen LogP contribution in [0.2, 0.25) is 0 Å². The van der Waals surface area contributed by atoms with Gasteiger partial charge in [-0.25, -0.2) is 0 Å². The van der Waals surface area contributed by atoms with E-state index in [1.54, 1.807) is 0 Å². The molecule has 0 aromatic heterocycles. The minimum Gasteiger partial charge on any atom is -0.465 e. The Kier molecular flexibility index (Phi) is 46.2. The third-order valence-corrected chi connectivity index (χ3v) is 14.2. The lowest BCUT2D eigenvalue weighted by molar-refractivity contribution is -0.146. The van der Waals surface area contributed by atoms with E-state index in [-0.39, 0.29) is 11.9 Å². The molecule has 0 aliphatic heterocycles. The van der Waals surface area contributed by atoms with Gasteiger partial charge in [-0.15, -0.1) is 0 Å². The first-order valence-electron chi connectivity index (χ1n) is 28.9. The molecule has 1 amide bonds. The maximum absolute atomic E-state index is 14.1. The quantitative estimate of drug-likeness (QED) is 0.0447. The van der Waals surface area contributed by atoms with Crippen molar-refractivity contribution in [2.75, 3.05) is 40.4 Å². The molecule has 386 valence electrons. The molecule has 0 fully saturated rings. The average molecular weight is 920 g/mol. The molecule has 0 saturated heterocycles. The van der Waals surface area contributed by atoms with Gasteiger partial charge < -0.3 is 19.3 Å². The van der Waals surface area contributed by atoms with Crippen molar-refractivity contribution in [3.63, 3.8) is 0 Å². The summed E-state index contributed by atoms with van der Waals surface area (Å²) < 4.78 is 11.6. The molecule has 0 radical (unpaired) electrons. The topological polar surface area (TPSA) is 76.2 Å². The van der Waals surface area contributed by atoms with Crippen LogP contribution in [-0.2, 0) is 23.9 Å². The van der Waals surface area contributed by atoms with E-state index in [1.165, 1.54) is 148 Å². The van der Waals surface area contributed by atoms with Crippen LogP contribution in [0.1, 0.15) is 292 Å². The maximum atomic E-state index is 14.1. The van der Waals surface area contributed by atoms with E-state index in [0.29, 0.717) is 62.2 Å². The van der Waals surface area contributed by atoms with Crippen LogP contribution < -0.4 is 0 Å². The highest BCUT2D eigenvalue weighted by atomic mass is 16.5. The Hall–Kier alpha value is -1.63. The summed E-state index contributed by atoms with van der Waals surface area (Å²) in [5.41, 5.74) is 0. The van der Waals surface area contributed by atoms with Gasteiger partial charge in [0.05, 0.1) is 13.2 Å². The third-order valence-electron chi connectivity index (χ3n) is 14.2. The number of rotatable bonds is 50. The molecule has 3 atom stereocenters. The molecule has 0 aliphatic rings. The normalized spacial score (nSPS) is 13.5. The molecule has 0 saturated carbocycles. The number of ether oxygens (including phenoxy) is 2. The Bertz CT molecular complexity index is 995. The van der Waals surface area contributed by atoms with E-state index in [0.717, 1.165) is 96.6 Å². The zero-order valence-corrected chi connectivity index (χ0v) is 45.2. The number of esters is 2. The standard InChI is InChI=1S/C58H114N2O5/c1-9-15-20-30-41-53(39-18-12-4)50-64-57(62)46-34-28-24-22-26-32-43-55(60(49-52(14-6)38-17-11-3)56(61)45-36-37-48-59(7)8)44-33-27-23-25-29-35-47-58(63)65-51-54(40-19-13-5)42-31-21-16-10-2/h52-55H,9-51H2,1-8H3. The zero-order chi connectivity index (χ0) is 48.0. The van der Waals surface area contributed by atoms with Gasteiger partial charge in [-0.2, -0.15) is 0 Å². The highest BCUT2D eigenvalue weighted by Gasteiger charge is 2.25. The van der Waals surface area contributed by atoms with Gasteiger partial charge in [-0.3, -0.25) is 14.4 Å². The molecular formula is C58H114N2O5. The first kappa shape index (κ1) is 63.4. The largest absolute Gasteiger partial charge is 0.465 e. The zero-order valence-electron chi connectivity index (χ0n) is 45.2. The van der Waals surface area contributed by atoms with Gasteiger partial charge in [0, 0.05) is 31.8 Å². The number of hydrogen-bond acceptors (Lipinski definition) is 6. The summed E-state index contributed by atoms with van der Waals surface area (Å²) in [4.78, 5) is 44.0. The van der Waals surface area contributed by atoms with Crippen LogP contribution in [0, 0.1) is 17.8 Å². The number of hydrogen-bond donors (Lipinski definition) is 0. The van der Waals surface area contributed by atoms with Crippen molar-refractivity contribution in [3.8, 4) is 0 Å². The maximum Gasteiger partial charge on any atom is 0.305 e. The van der Waals surface area contributed by atoms with Crippen molar-refractivity contribution in [2.45, 2.75) is 298 Å². The summed E-state index contributed by atoms with van der Waals surface area (Å²) in [6, 6.07) is 0.317. The summed E-state index contributed by atoms with van der Waals surface area (Å²) in [5, 5.41) is 0. The van der Waals surface area contributed by atoms with Gasteiger partial charge in [-0.05, 0) is 109 Å². The van der Waals surface area contributed by atoms with Crippen LogP contribution in [-0.4, -0.2) is 74.1 Å². The predicted molar refractivity (Wildman–Crippen MR) is 281 cm³/mol. The fourth-order valence-electron chi connectivity index (χ4n) is 9.56. The fraction of sp³-hybridized carbons (Fsp3) is 0.948. The molecule has 0 N–H and O–H groups in total. The Morgan fingerprint density at radius 2 is 0.738 bits per heavy atom. The van der Waals surface area contributed by atoms with Crippen molar-refractivity contribution >= 4 is 17.8 Å². The van der Waals surface area contributed by atoms with Gasteiger partial charge in [0.1, 0.15) is 0 Å². The Labute approximate surface area is 406 Å². The number of carbonyl (C=O) groups is 3. The van der Waals surface area contributed by atoms with E-state index in [1.807, 2.05) is 0 Å². The molecule has 0 aromatic rings. The second-order valence-corrected chi connectivity index (χ2v) is 20.8. The van der Waals surface area contributed by atoms with Gasteiger partial charge in [0.25, 0.3) is 0 Å². The molecule has 0 rings (SSSR count). The van der Waals surface area contributed by atoms with Crippen molar-refractivity contribution in [2.24, 2.45) is 17.8 Å². The van der Waals surface area contributed by atoms with E-state index in [9.17, 15) is 14.4 Å². The molecule has 0 heterocycles. The van der Waals surface area contributed by atoms with Gasteiger partial charge in [0.2, 0.25) is 5.91 Å². The SMILES string of the molecule is CCCCCCC(CCCC)COC(=O)CCCCCCCCC(CCCCCCCCC(=O)OCC(CCCC)CCCCCC)N(CC(CC)CCCC)C(=O)CCCCN(C)C. The van der Waals surface area contributed by atoms with E-state index in [4.69, 9.17) is 9.47 Å². The van der Waals surface area contributed by atoms with E-state index < -0.39 is 0 Å². The minimum atomic E-state index is -0.00624. The Morgan fingerprint density at radius 3 is 1.15 bits per heavy atom. The smallest absolute Gasteiger partial charge is 0.305 e. The molecule has 0 aromatic carbocycles. The molecular weight excluding hydrogens is 805 g/mol. The van der Waals surface area contributed by atoms with Gasteiger partial charge in [0.15, 0.2) is 0 Å². The number of nitrogens with zero attached hydrogens (tertiary/aromatic N) is 2. The molecule has 0 spiro atoms. The fourth-order valence-corrected chi connectivity index (χ4v) is 9.56. The van der Waals surface area contributed by atoms with Crippen LogP contribution in [0.15, 0.2) is 0 Å².